The molecule has 0 aliphatic carbocycles. The number of rotatable bonds is 5. The zero-order valence-electron chi connectivity index (χ0n) is 14.1. The van der Waals surface area contributed by atoms with Gasteiger partial charge in [-0.2, -0.15) is 0 Å². The van der Waals surface area contributed by atoms with Gasteiger partial charge in [-0.15, -0.1) is 12.4 Å². The van der Waals surface area contributed by atoms with E-state index in [0.29, 0.717) is 36.2 Å². The van der Waals surface area contributed by atoms with E-state index < -0.39 is 0 Å². The first kappa shape index (κ1) is 21.0. The van der Waals surface area contributed by atoms with Crippen molar-refractivity contribution in [1.29, 1.82) is 0 Å². The predicted molar refractivity (Wildman–Crippen MR) is 108 cm³/mol. The van der Waals surface area contributed by atoms with Crippen molar-refractivity contribution < 1.29 is 9.53 Å². The quantitative estimate of drug-likeness (QED) is 0.774. The largest absolute Gasteiger partial charge is 0.378 e. The molecule has 1 aliphatic heterocycles. The van der Waals surface area contributed by atoms with E-state index in [1.165, 1.54) is 0 Å². The maximum atomic E-state index is 12.2. The first-order valence-corrected chi connectivity index (χ1v) is 9.00. The van der Waals surface area contributed by atoms with Crippen LogP contribution in [0.4, 0.5) is 0 Å². The van der Waals surface area contributed by atoms with Gasteiger partial charge in [0.2, 0.25) is 5.91 Å². The van der Waals surface area contributed by atoms with E-state index in [1.807, 2.05) is 36.4 Å². The maximum Gasteiger partial charge on any atom is 0.221 e. The van der Waals surface area contributed by atoms with Gasteiger partial charge in [0, 0.05) is 41.2 Å². The Balaban J connectivity index is 0.00000243. The lowest BCUT2D eigenvalue weighted by atomic mass is 9.99. The molecule has 2 N–H and O–H groups in total. The minimum absolute atomic E-state index is 0. The number of carbonyl (C=O) groups is 1. The second kappa shape index (κ2) is 10.1. The third kappa shape index (κ3) is 5.60. The van der Waals surface area contributed by atoms with Gasteiger partial charge < -0.3 is 15.4 Å². The lowest BCUT2D eigenvalue weighted by molar-refractivity contribution is -0.122. The Hall–Kier alpha value is -1.30. The lowest BCUT2D eigenvalue weighted by Crippen LogP contribution is -2.44. The first-order chi connectivity index (χ1) is 12.1. The molecule has 0 spiro atoms. The van der Waals surface area contributed by atoms with Crippen LogP contribution in [0.25, 0.3) is 11.1 Å². The Morgan fingerprint density at radius 2 is 2.00 bits per heavy atom. The van der Waals surface area contributed by atoms with Crippen LogP contribution in [0.2, 0.25) is 10.0 Å². The number of halogens is 3. The van der Waals surface area contributed by atoms with Gasteiger partial charge in [0.1, 0.15) is 0 Å². The van der Waals surface area contributed by atoms with Crippen molar-refractivity contribution >= 4 is 41.5 Å². The summed E-state index contributed by atoms with van der Waals surface area (Å²) in [5.41, 5.74) is 2.90. The summed E-state index contributed by atoms with van der Waals surface area (Å²) in [6.45, 7) is 2.51. The highest BCUT2D eigenvalue weighted by Gasteiger charge is 2.17. The number of benzene rings is 2. The molecular weight excluding hydrogens is 395 g/mol. The van der Waals surface area contributed by atoms with Crippen LogP contribution in [0, 0.1) is 0 Å². The highest BCUT2D eigenvalue weighted by atomic mass is 35.5. The van der Waals surface area contributed by atoms with Crippen LogP contribution in [0.1, 0.15) is 12.0 Å². The van der Waals surface area contributed by atoms with E-state index in [4.69, 9.17) is 27.9 Å². The van der Waals surface area contributed by atoms with Crippen molar-refractivity contribution in [2.45, 2.75) is 19.0 Å². The van der Waals surface area contributed by atoms with Crippen LogP contribution in [-0.2, 0) is 16.1 Å². The van der Waals surface area contributed by atoms with Crippen LogP contribution in [0.15, 0.2) is 42.5 Å². The molecule has 1 aliphatic rings. The summed E-state index contributed by atoms with van der Waals surface area (Å²) in [4.78, 5) is 12.2. The van der Waals surface area contributed by atoms with Gasteiger partial charge in [0.25, 0.3) is 0 Å². The topological polar surface area (TPSA) is 50.4 Å². The molecular formula is C19H21Cl3N2O2. The normalized spacial score (nSPS) is 16.6. The molecule has 1 amide bonds. The summed E-state index contributed by atoms with van der Waals surface area (Å²) in [5, 5.41) is 7.46. The van der Waals surface area contributed by atoms with E-state index in [9.17, 15) is 4.79 Å². The molecule has 3 rings (SSSR count). The van der Waals surface area contributed by atoms with Crippen molar-refractivity contribution in [3.8, 4) is 11.1 Å². The number of carbonyl (C=O) groups excluding carboxylic acids is 1. The minimum Gasteiger partial charge on any atom is -0.378 e. The lowest BCUT2D eigenvalue weighted by Gasteiger charge is -2.23. The Kier molecular flexibility index (Phi) is 8.19. The molecule has 0 aromatic heterocycles. The first-order valence-electron chi connectivity index (χ1n) is 8.24. The van der Waals surface area contributed by atoms with Crippen molar-refractivity contribution in [2.75, 3.05) is 19.8 Å². The summed E-state index contributed by atoms with van der Waals surface area (Å²) in [5.74, 6) is 0.00000567. The molecule has 2 aromatic carbocycles. The van der Waals surface area contributed by atoms with E-state index >= 15 is 0 Å². The van der Waals surface area contributed by atoms with Crippen molar-refractivity contribution in [2.24, 2.45) is 0 Å². The van der Waals surface area contributed by atoms with Crippen LogP contribution in [-0.4, -0.2) is 31.7 Å². The van der Waals surface area contributed by atoms with Gasteiger partial charge in [-0.1, -0.05) is 53.5 Å². The average Bonchev–Trinajstić information content (AvgIpc) is 2.61. The average molecular weight is 416 g/mol. The van der Waals surface area contributed by atoms with Crippen LogP contribution in [0.3, 0.4) is 0 Å². The zero-order valence-corrected chi connectivity index (χ0v) is 16.5. The third-order valence-electron chi connectivity index (χ3n) is 4.14. The Bertz CT molecular complexity index is 749. The van der Waals surface area contributed by atoms with E-state index in [2.05, 4.69) is 10.6 Å². The second-order valence-electron chi connectivity index (χ2n) is 5.99. The molecule has 26 heavy (non-hydrogen) atoms. The molecule has 1 unspecified atom stereocenters. The van der Waals surface area contributed by atoms with Gasteiger partial charge in [-0.3, -0.25) is 4.79 Å². The van der Waals surface area contributed by atoms with Gasteiger partial charge in [-0.05, 0) is 23.3 Å². The Morgan fingerprint density at radius 1 is 1.19 bits per heavy atom. The molecule has 0 saturated carbocycles. The molecule has 1 fully saturated rings. The molecule has 7 heteroatoms. The highest BCUT2D eigenvalue weighted by Crippen LogP contribution is 2.32. The fourth-order valence-corrected chi connectivity index (χ4v) is 3.40. The van der Waals surface area contributed by atoms with E-state index in [-0.39, 0.29) is 24.4 Å². The van der Waals surface area contributed by atoms with Crippen molar-refractivity contribution in [1.82, 2.24) is 10.6 Å². The van der Waals surface area contributed by atoms with E-state index in [1.54, 1.807) is 6.07 Å². The highest BCUT2D eigenvalue weighted by molar-refractivity contribution is 6.36. The van der Waals surface area contributed by atoms with Crippen LogP contribution < -0.4 is 10.6 Å². The van der Waals surface area contributed by atoms with Gasteiger partial charge >= 0.3 is 0 Å². The van der Waals surface area contributed by atoms with Gasteiger partial charge in [0.15, 0.2) is 0 Å². The molecule has 1 atom stereocenters. The Morgan fingerprint density at radius 3 is 2.73 bits per heavy atom. The smallest absolute Gasteiger partial charge is 0.221 e. The number of nitrogens with one attached hydrogen (secondary N) is 2. The maximum absolute atomic E-state index is 12.2. The molecule has 0 bridgehead atoms. The van der Waals surface area contributed by atoms with Crippen molar-refractivity contribution in [3.63, 3.8) is 0 Å². The summed E-state index contributed by atoms with van der Waals surface area (Å²) in [7, 11) is 0. The van der Waals surface area contributed by atoms with Crippen LogP contribution in [0.5, 0.6) is 0 Å². The van der Waals surface area contributed by atoms with E-state index in [0.717, 1.165) is 23.2 Å². The predicted octanol–water partition coefficient (Wildman–Crippen LogP) is 4.08. The fraction of sp³-hybridized carbons (Fsp3) is 0.316. The minimum atomic E-state index is 0. The number of amides is 1. The Labute approximate surface area is 169 Å². The molecule has 1 saturated heterocycles. The zero-order chi connectivity index (χ0) is 17.6. The number of hydrogen-bond acceptors (Lipinski definition) is 3. The molecule has 0 radical (unpaired) electrons. The van der Waals surface area contributed by atoms with Crippen molar-refractivity contribution in [3.05, 3.63) is 58.1 Å². The number of morpholine rings is 1. The summed E-state index contributed by atoms with van der Waals surface area (Å²) >= 11 is 12.3. The molecule has 2 aromatic rings. The standard InChI is InChI=1S/C19H20Cl2N2O2.ClH/c20-14-5-6-17(18(21)9-14)16-4-2-1-3-13(16)11-23-19(24)10-15-12-25-8-7-22-15;/h1-6,9,15,22H,7-8,10-12H2,(H,23,24);1H. The third-order valence-corrected chi connectivity index (χ3v) is 4.69. The monoisotopic (exact) mass is 414 g/mol. The fourth-order valence-electron chi connectivity index (χ4n) is 2.89. The molecule has 140 valence electrons. The SMILES string of the molecule is Cl.O=C(CC1COCCN1)NCc1ccccc1-c1ccc(Cl)cc1Cl. The summed E-state index contributed by atoms with van der Waals surface area (Å²) in [6, 6.07) is 13.4. The van der Waals surface area contributed by atoms with Gasteiger partial charge in [0.05, 0.1) is 13.2 Å². The second-order valence-corrected chi connectivity index (χ2v) is 6.83. The molecule has 1 heterocycles. The number of ether oxygens (including phenoxy) is 1. The number of hydrogen-bond donors (Lipinski definition) is 2. The molecule has 4 nitrogen and oxygen atoms in total. The van der Waals surface area contributed by atoms with Crippen LogP contribution >= 0.6 is 35.6 Å². The van der Waals surface area contributed by atoms with Gasteiger partial charge in [-0.25, -0.2) is 0 Å². The summed E-state index contributed by atoms with van der Waals surface area (Å²) in [6.07, 6.45) is 0.407. The summed E-state index contributed by atoms with van der Waals surface area (Å²) < 4.78 is 5.38.